The summed E-state index contributed by atoms with van der Waals surface area (Å²) < 4.78 is 2.11. The molecule has 4 rings (SSSR count). The molecule has 2 aromatic rings. The molecule has 2 saturated heterocycles. The van der Waals surface area contributed by atoms with Crippen molar-refractivity contribution in [3.63, 3.8) is 0 Å². The average molecular weight is 349 g/mol. The van der Waals surface area contributed by atoms with Crippen LogP contribution < -0.4 is 0 Å². The van der Waals surface area contributed by atoms with Crippen LogP contribution in [0, 0.1) is 17.8 Å². The summed E-state index contributed by atoms with van der Waals surface area (Å²) in [5.74, 6) is 7.01. The zero-order valence-electron chi connectivity index (χ0n) is 15.7. The zero-order valence-corrected chi connectivity index (χ0v) is 15.7. The van der Waals surface area contributed by atoms with E-state index in [0.717, 1.165) is 31.6 Å². The van der Waals surface area contributed by atoms with Crippen LogP contribution in [0.25, 0.3) is 10.9 Å². The van der Waals surface area contributed by atoms with Gasteiger partial charge in [-0.3, -0.25) is 4.79 Å². The van der Waals surface area contributed by atoms with Crippen LogP contribution >= 0.6 is 0 Å². The molecule has 2 aliphatic heterocycles. The first-order chi connectivity index (χ1) is 12.6. The SMILES string of the molecule is CN1C(=O)[C@@H](CN2CCCCC2)C[C@H]1C#Cc1ccc2c(ccn2C)c1. The molecule has 2 fully saturated rings. The van der Waals surface area contributed by atoms with Gasteiger partial charge in [0.2, 0.25) is 5.91 Å². The number of nitrogens with zero attached hydrogens (tertiary/aromatic N) is 3. The number of fused-ring (bicyclic) bond motifs is 1. The van der Waals surface area contributed by atoms with E-state index < -0.39 is 0 Å². The molecule has 1 amide bonds. The second-order valence-corrected chi connectivity index (χ2v) is 7.73. The highest BCUT2D eigenvalue weighted by atomic mass is 16.2. The molecule has 2 aliphatic rings. The number of carbonyl (C=O) groups is 1. The van der Waals surface area contributed by atoms with Gasteiger partial charge in [0, 0.05) is 43.3 Å². The van der Waals surface area contributed by atoms with Crippen LogP contribution in [0.5, 0.6) is 0 Å². The molecule has 0 unspecified atom stereocenters. The van der Waals surface area contributed by atoms with E-state index in [1.54, 1.807) is 0 Å². The van der Waals surface area contributed by atoms with Gasteiger partial charge >= 0.3 is 0 Å². The molecule has 136 valence electrons. The van der Waals surface area contributed by atoms with E-state index in [9.17, 15) is 4.79 Å². The van der Waals surface area contributed by atoms with Crippen LogP contribution in [-0.2, 0) is 11.8 Å². The first-order valence-electron chi connectivity index (χ1n) is 9.67. The van der Waals surface area contributed by atoms with Crippen molar-refractivity contribution in [3.8, 4) is 11.8 Å². The highest BCUT2D eigenvalue weighted by Crippen LogP contribution is 2.25. The van der Waals surface area contributed by atoms with E-state index in [2.05, 4.69) is 58.8 Å². The van der Waals surface area contributed by atoms with E-state index in [-0.39, 0.29) is 17.9 Å². The Hall–Kier alpha value is -2.25. The topological polar surface area (TPSA) is 28.5 Å². The molecule has 4 heteroatoms. The van der Waals surface area contributed by atoms with Crippen LogP contribution in [0.15, 0.2) is 30.5 Å². The van der Waals surface area contributed by atoms with Crippen molar-refractivity contribution >= 4 is 16.8 Å². The smallest absolute Gasteiger partial charge is 0.227 e. The predicted octanol–water partition coefficient (Wildman–Crippen LogP) is 2.86. The minimum atomic E-state index is 0.0313. The van der Waals surface area contributed by atoms with Gasteiger partial charge in [0.1, 0.15) is 0 Å². The number of benzene rings is 1. The summed E-state index contributed by atoms with van der Waals surface area (Å²) in [5.41, 5.74) is 2.23. The number of carbonyl (C=O) groups excluding carboxylic acids is 1. The molecule has 2 atom stereocenters. The quantitative estimate of drug-likeness (QED) is 0.780. The molecule has 4 nitrogen and oxygen atoms in total. The van der Waals surface area contributed by atoms with E-state index >= 15 is 0 Å². The Morgan fingerprint density at radius 1 is 1.12 bits per heavy atom. The lowest BCUT2D eigenvalue weighted by Crippen LogP contribution is -2.37. The minimum absolute atomic E-state index is 0.0313. The van der Waals surface area contributed by atoms with Gasteiger partial charge in [-0.05, 0) is 56.6 Å². The second kappa shape index (κ2) is 7.17. The molecule has 0 N–H and O–H groups in total. The maximum Gasteiger partial charge on any atom is 0.227 e. The molecule has 1 aromatic heterocycles. The lowest BCUT2D eigenvalue weighted by atomic mass is 10.0. The summed E-state index contributed by atoms with van der Waals surface area (Å²) in [6.45, 7) is 3.18. The molecule has 0 saturated carbocycles. The number of hydrogen-bond acceptors (Lipinski definition) is 2. The van der Waals surface area contributed by atoms with Crippen LogP contribution in [0.2, 0.25) is 0 Å². The third-order valence-corrected chi connectivity index (χ3v) is 5.87. The highest BCUT2D eigenvalue weighted by Gasteiger charge is 2.37. The van der Waals surface area contributed by atoms with Gasteiger partial charge in [-0.25, -0.2) is 0 Å². The zero-order chi connectivity index (χ0) is 18.1. The molecule has 0 spiro atoms. The van der Waals surface area contributed by atoms with Gasteiger partial charge in [0.15, 0.2) is 0 Å². The summed E-state index contributed by atoms with van der Waals surface area (Å²) in [4.78, 5) is 16.9. The van der Waals surface area contributed by atoms with Crippen LogP contribution in [-0.4, -0.2) is 53.0 Å². The third-order valence-electron chi connectivity index (χ3n) is 5.87. The molecule has 0 aliphatic carbocycles. The molecular weight excluding hydrogens is 322 g/mol. The van der Waals surface area contributed by atoms with Crippen molar-refractivity contribution in [2.75, 3.05) is 26.7 Å². The Morgan fingerprint density at radius 2 is 1.92 bits per heavy atom. The molecule has 26 heavy (non-hydrogen) atoms. The monoisotopic (exact) mass is 349 g/mol. The van der Waals surface area contributed by atoms with Gasteiger partial charge < -0.3 is 14.4 Å². The Kier molecular flexibility index (Phi) is 4.74. The Morgan fingerprint density at radius 3 is 2.73 bits per heavy atom. The third kappa shape index (κ3) is 3.37. The lowest BCUT2D eigenvalue weighted by Gasteiger charge is -2.28. The van der Waals surface area contributed by atoms with Gasteiger partial charge in [0.05, 0.1) is 12.0 Å². The first kappa shape index (κ1) is 17.2. The predicted molar refractivity (Wildman–Crippen MR) is 105 cm³/mol. The largest absolute Gasteiger partial charge is 0.351 e. The van der Waals surface area contributed by atoms with E-state index in [1.807, 2.05) is 11.9 Å². The normalized spacial score (nSPS) is 24.1. The number of rotatable bonds is 2. The lowest BCUT2D eigenvalue weighted by molar-refractivity contribution is -0.130. The summed E-state index contributed by atoms with van der Waals surface area (Å²) >= 11 is 0. The fourth-order valence-electron chi connectivity index (χ4n) is 4.26. The number of amides is 1. The van der Waals surface area contributed by atoms with Gasteiger partial charge in [-0.2, -0.15) is 0 Å². The summed E-state index contributed by atoms with van der Waals surface area (Å²) in [6, 6.07) is 8.45. The van der Waals surface area contributed by atoms with Crippen molar-refractivity contribution in [3.05, 3.63) is 36.0 Å². The van der Waals surface area contributed by atoms with Crippen LogP contribution in [0.4, 0.5) is 0 Å². The van der Waals surface area contributed by atoms with Crippen LogP contribution in [0.1, 0.15) is 31.2 Å². The van der Waals surface area contributed by atoms with E-state index in [4.69, 9.17) is 0 Å². The Balaban J connectivity index is 1.45. The Bertz CT molecular complexity index is 866. The van der Waals surface area contributed by atoms with E-state index in [0.29, 0.717) is 0 Å². The minimum Gasteiger partial charge on any atom is -0.351 e. The van der Waals surface area contributed by atoms with Crippen molar-refractivity contribution in [1.82, 2.24) is 14.4 Å². The fraction of sp³-hybridized carbons (Fsp3) is 0.500. The maximum atomic E-state index is 12.6. The van der Waals surface area contributed by atoms with Gasteiger partial charge in [-0.1, -0.05) is 18.3 Å². The van der Waals surface area contributed by atoms with Gasteiger partial charge in [-0.15, -0.1) is 0 Å². The number of hydrogen-bond donors (Lipinski definition) is 0. The average Bonchev–Trinajstić information content (AvgIpc) is 3.16. The first-order valence-corrected chi connectivity index (χ1v) is 9.67. The summed E-state index contributed by atoms with van der Waals surface area (Å²) in [5, 5.41) is 1.21. The molecule has 3 heterocycles. The summed E-state index contributed by atoms with van der Waals surface area (Å²) in [7, 11) is 3.95. The number of likely N-dealkylation sites (tertiary alicyclic amines) is 2. The maximum absolute atomic E-state index is 12.6. The number of aryl methyl sites for hydroxylation is 1. The molecule has 0 radical (unpaired) electrons. The summed E-state index contributed by atoms with van der Waals surface area (Å²) in [6.07, 6.45) is 6.78. The van der Waals surface area contributed by atoms with Gasteiger partial charge in [0.25, 0.3) is 0 Å². The molecule has 0 bridgehead atoms. The van der Waals surface area contributed by atoms with Crippen molar-refractivity contribution in [2.24, 2.45) is 13.0 Å². The number of aromatic nitrogens is 1. The molecular formula is C22H27N3O. The fourth-order valence-corrected chi connectivity index (χ4v) is 4.26. The highest BCUT2D eigenvalue weighted by molar-refractivity contribution is 5.83. The second-order valence-electron chi connectivity index (χ2n) is 7.73. The van der Waals surface area contributed by atoms with Crippen molar-refractivity contribution in [1.29, 1.82) is 0 Å². The van der Waals surface area contributed by atoms with Crippen LogP contribution in [0.3, 0.4) is 0 Å². The number of piperidine rings is 1. The Labute approximate surface area is 155 Å². The van der Waals surface area contributed by atoms with Crippen molar-refractivity contribution < 1.29 is 4.79 Å². The standard InChI is InChI=1S/C22H27N3O/c1-23-13-10-18-14-17(7-9-21(18)23)6-8-20-15-19(22(26)24(20)2)16-25-11-4-3-5-12-25/h7,9-10,13-14,19-20H,3-5,11-12,15-16H2,1-2H3/t19-,20-/m1/s1. The van der Waals surface area contributed by atoms with Crippen molar-refractivity contribution in [2.45, 2.75) is 31.7 Å². The van der Waals surface area contributed by atoms with E-state index in [1.165, 1.54) is 30.2 Å². The molecule has 1 aromatic carbocycles.